The molecule has 0 saturated carbocycles. The zero-order valence-electron chi connectivity index (χ0n) is 12.5. The van der Waals surface area contributed by atoms with Gasteiger partial charge in [0.25, 0.3) is 0 Å². The van der Waals surface area contributed by atoms with Crippen molar-refractivity contribution in [3.8, 4) is 0 Å². The van der Waals surface area contributed by atoms with E-state index in [4.69, 9.17) is 15.2 Å². The van der Waals surface area contributed by atoms with Crippen molar-refractivity contribution in [2.45, 2.75) is 38.1 Å². The summed E-state index contributed by atoms with van der Waals surface area (Å²) in [5, 5.41) is 0. The van der Waals surface area contributed by atoms with Crippen molar-refractivity contribution in [3.05, 3.63) is 35.4 Å². The fraction of sp³-hybridized carbons (Fsp3) is 0.600. The number of benzene rings is 1. The summed E-state index contributed by atoms with van der Waals surface area (Å²) in [6.45, 7) is 4.47. The predicted molar refractivity (Wildman–Crippen MR) is 74.9 cm³/mol. The minimum Gasteiger partial charge on any atom is -0.379 e. The maximum Gasteiger partial charge on any atom is 0.416 e. The number of rotatable bonds is 7. The first-order chi connectivity index (χ1) is 9.65. The van der Waals surface area contributed by atoms with Crippen LogP contribution in [0.25, 0.3) is 0 Å². The first kappa shape index (κ1) is 17.9. The molecule has 0 bridgehead atoms. The monoisotopic (exact) mass is 305 g/mol. The van der Waals surface area contributed by atoms with E-state index in [2.05, 4.69) is 0 Å². The molecule has 0 aromatic heterocycles. The highest BCUT2D eigenvalue weighted by Crippen LogP contribution is 2.30. The van der Waals surface area contributed by atoms with Crippen LogP contribution in [0.5, 0.6) is 0 Å². The number of halogens is 3. The average molecular weight is 305 g/mol. The van der Waals surface area contributed by atoms with Gasteiger partial charge in [0.15, 0.2) is 0 Å². The van der Waals surface area contributed by atoms with Crippen molar-refractivity contribution in [2.75, 3.05) is 20.3 Å². The number of alkyl halides is 3. The molecule has 1 aromatic carbocycles. The van der Waals surface area contributed by atoms with Crippen LogP contribution in [0, 0.1) is 0 Å². The summed E-state index contributed by atoms with van der Waals surface area (Å²) in [6, 6.07) is 4.43. The van der Waals surface area contributed by atoms with Gasteiger partial charge in [-0.15, -0.1) is 0 Å². The van der Waals surface area contributed by atoms with Gasteiger partial charge in [-0.2, -0.15) is 13.2 Å². The van der Waals surface area contributed by atoms with Crippen LogP contribution in [0.2, 0.25) is 0 Å². The van der Waals surface area contributed by atoms with Gasteiger partial charge in [-0.3, -0.25) is 0 Å². The molecule has 0 spiro atoms. The smallest absolute Gasteiger partial charge is 0.379 e. The van der Waals surface area contributed by atoms with Gasteiger partial charge in [-0.05, 0) is 38.0 Å². The van der Waals surface area contributed by atoms with Crippen molar-refractivity contribution < 1.29 is 22.6 Å². The third kappa shape index (κ3) is 6.03. The molecule has 3 nitrogen and oxygen atoms in total. The van der Waals surface area contributed by atoms with E-state index >= 15 is 0 Å². The third-order valence-corrected chi connectivity index (χ3v) is 3.34. The molecule has 1 atom stereocenters. The van der Waals surface area contributed by atoms with Gasteiger partial charge in [-0.25, -0.2) is 0 Å². The van der Waals surface area contributed by atoms with Crippen LogP contribution in [0.3, 0.4) is 0 Å². The van der Waals surface area contributed by atoms with Crippen LogP contribution < -0.4 is 5.73 Å². The summed E-state index contributed by atoms with van der Waals surface area (Å²) in [7, 11) is 1.62. The van der Waals surface area contributed by atoms with E-state index in [1.165, 1.54) is 6.07 Å². The lowest BCUT2D eigenvalue weighted by Gasteiger charge is -2.23. The van der Waals surface area contributed by atoms with Gasteiger partial charge < -0.3 is 15.2 Å². The Morgan fingerprint density at radius 1 is 1.24 bits per heavy atom. The normalized spacial score (nSPS) is 14.2. The third-order valence-electron chi connectivity index (χ3n) is 3.34. The molecule has 6 heteroatoms. The van der Waals surface area contributed by atoms with Crippen LogP contribution in [-0.4, -0.2) is 25.9 Å². The lowest BCUT2D eigenvalue weighted by atomic mass is 10.0. The first-order valence-electron chi connectivity index (χ1n) is 6.71. The van der Waals surface area contributed by atoms with E-state index in [1.807, 2.05) is 13.8 Å². The zero-order chi connectivity index (χ0) is 16.1. The van der Waals surface area contributed by atoms with Crippen LogP contribution in [0.15, 0.2) is 24.3 Å². The van der Waals surface area contributed by atoms with Gasteiger partial charge in [0, 0.05) is 13.7 Å². The highest BCUT2D eigenvalue weighted by Gasteiger charge is 2.30. The second-order valence-corrected chi connectivity index (χ2v) is 5.52. The van der Waals surface area contributed by atoms with Gasteiger partial charge in [0.2, 0.25) is 0 Å². The quantitative estimate of drug-likeness (QED) is 0.784. The molecule has 0 aliphatic carbocycles. The summed E-state index contributed by atoms with van der Waals surface area (Å²) in [4.78, 5) is 0. The molecule has 0 fully saturated rings. The lowest BCUT2D eigenvalue weighted by Crippen LogP contribution is -2.26. The molecule has 1 unspecified atom stereocenters. The van der Waals surface area contributed by atoms with Gasteiger partial charge in [0.1, 0.15) is 0 Å². The molecule has 0 heterocycles. The summed E-state index contributed by atoms with van der Waals surface area (Å²) in [6.07, 6.45) is -3.68. The van der Waals surface area contributed by atoms with E-state index in [-0.39, 0.29) is 12.2 Å². The Bertz CT molecular complexity index is 447. The molecule has 0 aliphatic rings. The van der Waals surface area contributed by atoms with E-state index in [0.29, 0.717) is 18.6 Å². The van der Waals surface area contributed by atoms with Gasteiger partial charge >= 0.3 is 6.18 Å². The van der Waals surface area contributed by atoms with Crippen LogP contribution in [0.1, 0.15) is 37.4 Å². The lowest BCUT2D eigenvalue weighted by molar-refractivity contribution is -0.137. The molecule has 1 rings (SSSR count). The molecule has 120 valence electrons. The number of nitrogens with two attached hydrogens (primary N) is 1. The van der Waals surface area contributed by atoms with Crippen LogP contribution in [-0.2, 0) is 15.7 Å². The molecule has 2 N–H and O–H groups in total. The maximum atomic E-state index is 12.6. The minimum atomic E-state index is -4.36. The largest absolute Gasteiger partial charge is 0.416 e. The van der Waals surface area contributed by atoms with E-state index < -0.39 is 17.8 Å². The summed E-state index contributed by atoms with van der Waals surface area (Å²) < 4.78 is 48.5. The van der Waals surface area contributed by atoms with Crippen molar-refractivity contribution in [1.82, 2.24) is 0 Å². The molecule has 0 amide bonds. The van der Waals surface area contributed by atoms with Crippen molar-refractivity contribution >= 4 is 0 Å². The number of hydrogen-bond donors (Lipinski definition) is 1. The molecular weight excluding hydrogens is 283 g/mol. The SMILES string of the molecule is COC(C)(C)CCOCC(N)c1cccc(C(F)(F)F)c1. The van der Waals surface area contributed by atoms with E-state index in [9.17, 15) is 13.2 Å². The van der Waals surface area contributed by atoms with E-state index in [1.54, 1.807) is 13.2 Å². The Hall–Kier alpha value is -1.11. The maximum absolute atomic E-state index is 12.6. The molecule has 0 aliphatic heterocycles. The van der Waals surface area contributed by atoms with Crippen molar-refractivity contribution in [2.24, 2.45) is 5.73 Å². The second kappa shape index (κ2) is 7.24. The van der Waals surface area contributed by atoms with Crippen LogP contribution >= 0.6 is 0 Å². The number of hydrogen-bond acceptors (Lipinski definition) is 3. The predicted octanol–water partition coefficient (Wildman–Crippen LogP) is 3.54. The zero-order valence-corrected chi connectivity index (χ0v) is 12.5. The second-order valence-electron chi connectivity index (χ2n) is 5.52. The molecule has 0 saturated heterocycles. The van der Waals surface area contributed by atoms with Gasteiger partial charge in [-0.1, -0.05) is 12.1 Å². The topological polar surface area (TPSA) is 44.5 Å². The Labute approximate surface area is 123 Å². The number of ether oxygens (including phenoxy) is 2. The Morgan fingerprint density at radius 3 is 2.48 bits per heavy atom. The molecule has 1 aromatic rings. The minimum absolute atomic E-state index is 0.168. The van der Waals surface area contributed by atoms with Crippen molar-refractivity contribution in [3.63, 3.8) is 0 Å². The van der Waals surface area contributed by atoms with Gasteiger partial charge in [0.05, 0.1) is 23.8 Å². The summed E-state index contributed by atoms with van der Waals surface area (Å²) in [5.41, 5.74) is 5.29. The molecule has 21 heavy (non-hydrogen) atoms. The summed E-state index contributed by atoms with van der Waals surface area (Å²) >= 11 is 0. The molecular formula is C15H22F3NO2. The summed E-state index contributed by atoms with van der Waals surface area (Å²) in [5.74, 6) is 0. The highest BCUT2D eigenvalue weighted by atomic mass is 19.4. The van der Waals surface area contributed by atoms with Crippen molar-refractivity contribution in [1.29, 1.82) is 0 Å². The highest BCUT2D eigenvalue weighted by molar-refractivity contribution is 5.27. The fourth-order valence-corrected chi connectivity index (χ4v) is 1.67. The number of methoxy groups -OCH3 is 1. The fourth-order valence-electron chi connectivity index (χ4n) is 1.67. The Morgan fingerprint density at radius 2 is 1.90 bits per heavy atom. The Balaban J connectivity index is 2.51. The van der Waals surface area contributed by atoms with Crippen LogP contribution in [0.4, 0.5) is 13.2 Å². The standard InChI is InChI=1S/C15H22F3NO2/c1-14(2,20-3)7-8-21-10-13(19)11-5-4-6-12(9-11)15(16,17)18/h4-6,9,13H,7-8,10,19H2,1-3H3. The average Bonchev–Trinajstić information content (AvgIpc) is 2.42. The first-order valence-corrected chi connectivity index (χ1v) is 6.71. The van der Waals surface area contributed by atoms with E-state index in [0.717, 1.165) is 12.1 Å². The Kier molecular flexibility index (Phi) is 6.19. The molecule has 0 radical (unpaired) electrons.